The maximum atomic E-state index is 12.4. The van der Waals surface area contributed by atoms with E-state index in [4.69, 9.17) is 10.00 Å². The van der Waals surface area contributed by atoms with Gasteiger partial charge >= 0.3 is 5.97 Å². The van der Waals surface area contributed by atoms with Crippen LogP contribution in [-0.4, -0.2) is 32.8 Å². The van der Waals surface area contributed by atoms with Crippen LogP contribution in [0.3, 0.4) is 0 Å². The van der Waals surface area contributed by atoms with Crippen LogP contribution < -0.4 is 4.72 Å². The van der Waals surface area contributed by atoms with Crippen molar-refractivity contribution in [2.75, 3.05) is 6.54 Å². The summed E-state index contributed by atoms with van der Waals surface area (Å²) in [5, 5.41) is 8.48. The van der Waals surface area contributed by atoms with Crippen molar-refractivity contribution in [2.45, 2.75) is 37.7 Å². The Morgan fingerprint density at radius 3 is 2.21 bits per heavy atom. The molecule has 0 aliphatic rings. The molecule has 1 N–H and O–H groups in total. The van der Waals surface area contributed by atoms with Gasteiger partial charge in [0, 0.05) is 18.5 Å². The summed E-state index contributed by atoms with van der Waals surface area (Å²) in [6, 6.07) is 14.1. The van der Waals surface area contributed by atoms with E-state index < -0.39 is 22.1 Å². The molecule has 2 aromatic carbocycles. The first-order valence-electron chi connectivity index (χ1n) is 9.09. The van der Waals surface area contributed by atoms with Gasteiger partial charge in [-0.1, -0.05) is 31.2 Å². The minimum Gasteiger partial charge on any atom is -0.451 e. The van der Waals surface area contributed by atoms with Crippen LogP contribution in [0.2, 0.25) is 0 Å². The molecule has 0 aliphatic carbocycles. The molecule has 2 rings (SSSR count). The number of ketones is 1. The highest BCUT2D eigenvalue weighted by molar-refractivity contribution is 7.89. The summed E-state index contributed by atoms with van der Waals surface area (Å²) in [5.74, 6) is -1.04. The number of ether oxygens (including phenoxy) is 1. The van der Waals surface area contributed by atoms with Crippen molar-refractivity contribution in [1.82, 2.24) is 4.72 Å². The van der Waals surface area contributed by atoms with E-state index in [-0.39, 0.29) is 29.2 Å². The molecule has 0 aliphatic heterocycles. The summed E-state index contributed by atoms with van der Waals surface area (Å²) in [5.41, 5.74) is 1.68. The number of hydrogen-bond acceptors (Lipinski definition) is 6. The van der Waals surface area contributed by atoms with E-state index in [1.807, 2.05) is 25.1 Å². The number of esters is 1. The fraction of sp³-hybridized carbons (Fsp3) is 0.286. The lowest BCUT2D eigenvalue weighted by atomic mass is 10.0. The van der Waals surface area contributed by atoms with E-state index >= 15 is 0 Å². The standard InChI is InChI=1S/C21H22N2O5S/c1-3-16-5-7-17(8-6-16)20(24)15(2)28-21(25)18-9-11-19(12-10-18)29(26,27)23-14-4-13-22/h5-12,15,23H,3-4,14H2,1-2H3/t15-/m1/s1. The van der Waals surface area contributed by atoms with E-state index in [1.165, 1.54) is 31.2 Å². The molecule has 1 atom stereocenters. The Bertz CT molecular complexity index is 1010. The van der Waals surface area contributed by atoms with Crippen molar-refractivity contribution in [3.63, 3.8) is 0 Å². The number of carbonyl (C=O) groups is 2. The molecule has 0 saturated heterocycles. The average Bonchev–Trinajstić information content (AvgIpc) is 2.73. The van der Waals surface area contributed by atoms with Gasteiger partial charge in [-0.05, 0) is 43.2 Å². The summed E-state index contributed by atoms with van der Waals surface area (Å²) in [6.07, 6.45) is -0.0685. The van der Waals surface area contributed by atoms with Crippen LogP contribution in [-0.2, 0) is 21.2 Å². The van der Waals surface area contributed by atoms with Gasteiger partial charge in [0.25, 0.3) is 0 Å². The van der Waals surface area contributed by atoms with Crippen molar-refractivity contribution in [3.8, 4) is 6.07 Å². The third kappa shape index (κ3) is 5.98. The maximum Gasteiger partial charge on any atom is 0.338 e. The lowest BCUT2D eigenvalue weighted by molar-refractivity contribution is 0.0318. The minimum atomic E-state index is -3.76. The van der Waals surface area contributed by atoms with Crippen LogP contribution in [0.1, 0.15) is 46.5 Å². The number of sulfonamides is 1. The van der Waals surface area contributed by atoms with Crippen LogP contribution in [0.5, 0.6) is 0 Å². The molecule has 0 spiro atoms. The third-order valence-electron chi connectivity index (χ3n) is 4.23. The van der Waals surface area contributed by atoms with Gasteiger partial charge in [-0.3, -0.25) is 4.79 Å². The zero-order valence-corrected chi connectivity index (χ0v) is 17.0. The largest absolute Gasteiger partial charge is 0.451 e. The Labute approximate surface area is 170 Å². The molecule has 152 valence electrons. The molecule has 0 heterocycles. The molecule has 0 radical (unpaired) electrons. The number of nitrogens with zero attached hydrogens (tertiary/aromatic N) is 1. The molecule has 0 amide bonds. The van der Waals surface area contributed by atoms with Crippen LogP contribution in [0, 0.1) is 11.3 Å². The highest BCUT2D eigenvalue weighted by atomic mass is 32.2. The Morgan fingerprint density at radius 1 is 1.07 bits per heavy atom. The predicted molar refractivity (Wildman–Crippen MR) is 107 cm³/mol. The smallest absolute Gasteiger partial charge is 0.338 e. The van der Waals surface area contributed by atoms with E-state index in [0.717, 1.165) is 12.0 Å². The van der Waals surface area contributed by atoms with Crippen molar-refractivity contribution < 1.29 is 22.7 Å². The average molecular weight is 414 g/mol. The second-order valence-electron chi connectivity index (χ2n) is 6.29. The van der Waals surface area contributed by atoms with E-state index in [2.05, 4.69) is 4.72 Å². The van der Waals surface area contributed by atoms with E-state index in [0.29, 0.717) is 5.56 Å². The Hall–Kier alpha value is -3.02. The number of rotatable bonds is 9. The second kappa shape index (κ2) is 9.96. The monoisotopic (exact) mass is 414 g/mol. The SMILES string of the molecule is CCc1ccc(C(=O)[C@@H](C)OC(=O)c2ccc(S(=O)(=O)NCCC#N)cc2)cc1. The molecule has 8 heteroatoms. The van der Waals surface area contributed by atoms with Crippen molar-refractivity contribution in [2.24, 2.45) is 0 Å². The normalized spacial score (nSPS) is 12.0. The summed E-state index contributed by atoms with van der Waals surface area (Å²) >= 11 is 0. The molecule has 0 aromatic heterocycles. The minimum absolute atomic E-state index is 0.00148. The Morgan fingerprint density at radius 2 is 1.66 bits per heavy atom. The number of hydrogen-bond donors (Lipinski definition) is 1. The van der Waals surface area contributed by atoms with E-state index in [9.17, 15) is 18.0 Å². The van der Waals surface area contributed by atoms with Crippen LogP contribution in [0.25, 0.3) is 0 Å². The molecule has 0 fully saturated rings. The molecule has 2 aromatic rings. The Balaban J connectivity index is 2.02. The van der Waals surface area contributed by atoms with Crippen molar-refractivity contribution in [3.05, 3.63) is 65.2 Å². The first-order valence-corrected chi connectivity index (χ1v) is 10.6. The summed E-state index contributed by atoms with van der Waals surface area (Å²) in [4.78, 5) is 24.7. The van der Waals surface area contributed by atoms with Crippen LogP contribution in [0.15, 0.2) is 53.4 Å². The molecule has 29 heavy (non-hydrogen) atoms. The van der Waals surface area contributed by atoms with Crippen LogP contribution >= 0.6 is 0 Å². The van der Waals surface area contributed by atoms with Gasteiger partial charge in [0.2, 0.25) is 15.8 Å². The highest BCUT2D eigenvalue weighted by Crippen LogP contribution is 2.14. The number of benzene rings is 2. The number of nitrogens with one attached hydrogen (secondary N) is 1. The summed E-state index contributed by atoms with van der Waals surface area (Å²) < 4.78 is 31.7. The predicted octanol–water partition coefficient (Wildman–Crippen LogP) is 2.87. The van der Waals surface area contributed by atoms with Gasteiger partial charge < -0.3 is 4.74 Å². The summed E-state index contributed by atoms with van der Waals surface area (Å²) in [6.45, 7) is 3.51. The molecule has 7 nitrogen and oxygen atoms in total. The Kier molecular flexibility index (Phi) is 7.65. The number of Topliss-reactive ketones (excluding diaryl/α,β-unsaturated/α-hetero) is 1. The molecular formula is C21H22N2O5S. The zero-order chi connectivity index (χ0) is 21.4. The van der Waals surface area contributed by atoms with Gasteiger partial charge in [0.15, 0.2) is 6.10 Å². The fourth-order valence-corrected chi connectivity index (χ4v) is 3.55. The number of aryl methyl sites for hydroxylation is 1. The third-order valence-corrected chi connectivity index (χ3v) is 5.71. The quantitative estimate of drug-likeness (QED) is 0.383. The molecule has 0 bridgehead atoms. The van der Waals surface area contributed by atoms with Gasteiger partial charge in [0.1, 0.15) is 0 Å². The summed E-state index contributed by atoms with van der Waals surface area (Å²) in [7, 11) is -3.76. The highest BCUT2D eigenvalue weighted by Gasteiger charge is 2.21. The zero-order valence-electron chi connectivity index (χ0n) is 16.2. The van der Waals surface area contributed by atoms with E-state index in [1.54, 1.807) is 12.1 Å². The first-order chi connectivity index (χ1) is 13.8. The van der Waals surface area contributed by atoms with Crippen molar-refractivity contribution in [1.29, 1.82) is 5.26 Å². The number of nitriles is 1. The first kappa shape index (κ1) is 22.3. The topological polar surface area (TPSA) is 113 Å². The number of carbonyl (C=O) groups excluding carboxylic acids is 2. The second-order valence-corrected chi connectivity index (χ2v) is 8.06. The fourth-order valence-electron chi connectivity index (χ4n) is 2.52. The van der Waals surface area contributed by atoms with Gasteiger partial charge in [-0.15, -0.1) is 0 Å². The molecule has 0 unspecified atom stereocenters. The van der Waals surface area contributed by atoms with Gasteiger partial charge in [-0.2, -0.15) is 5.26 Å². The lowest BCUT2D eigenvalue weighted by Crippen LogP contribution is -2.25. The van der Waals surface area contributed by atoms with Crippen molar-refractivity contribution >= 4 is 21.8 Å². The van der Waals surface area contributed by atoms with Crippen LogP contribution in [0.4, 0.5) is 0 Å². The van der Waals surface area contributed by atoms with Gasteiger partial charge in [-0.25, -0.2) is 17.9 Å². The molecule has 0 saturated carbocycles. The lowest BCUT2D eigenvalue weighted by Gasteiger charge is -2.13. The van der Waals surface area contributed by atoms with Gasteiger partial charge in [0.05, 0.1) is 16.5 Å². The molecular weight excluding hydrogens is 392 g/mol. The maximum absolute atomic E-state index is 12.4.